The van der Waals surface area contributed by atoms with E-state index in [1.807, 2.05) is 42.5 Å². The van der Waals surface area contributed by atoms with Crippen LogP contribution < -0.4 is 10.6 Å². The van der Waals surface area contributed by atoms with E-state index in [1.165, 1.54) is 0 Å². The SMILES string of the molecule is O=C(CCNC(=O)c1cc2ccccc2o1)Nc1nc2ccccc2[nH]1. The fraction of sp³-hybridized carbons (Fsp3) is 0.105. The molecule has 2 aromatic heterocycles. The number of hydrogen-bond donors (Lipinski definition) is 3. The molecule has 0 bridgehead atoms. The molecule has 0 radical (unpaired) electrons. The second-order valence-corrected chi connectivity index (χ2v) is 5.81. The third kappa shape index (κ3) is 3.27. The minimum Gasteiger partial charge on any atom is -0.451 e. The van der Waals surface area contributed by atoms with Crippen LogP contribution in [0.2, 0.25) is 0 Å². The van der Waals surface area contributed by atoms with Crippen molar-refractivity contribution >= 4 is 39.8 Å². The fourth-order valence-electron chi connectivity index (χ4n) is 2.68. The molecule has 0 spiro atoms. The number of imidazole rings is 1. The Hall–Kier alpha value is -3.61. The van der Waals surface area contributed by atoms with E-state index >= 15 is 0 Å². The molecule has 2 heterocycles. The van der Waals surface area contributed by atoms with Crippen LogP contribution in [0.4, 0.5) is 5.95 Å². The zero-order valence-electron chi connectivity index (χ0n) is 13.8. The van der Waals surface area contributed by atoms with Gasteiger partial charge in [0.2, 0.25) is 11.9 Å². The van der Waals surface area contributed by atoms with Crippen LogP contribution in [-0.2, 0) is 4.79 Å². The maximum Gasteiger partial charge on any atom is 0.287 e. The summed E-state index contributed by atoms with van der Waals surface area (Å²) in [5, 5.41) is 6.23. The first-order valence-corrected chi connectivity index (χ1v) is 8.20. The number of carbonyl (C=O) groups is 2. The highest BCUT2D eigenvalue weighted by molar-refractivity contribution is 5.96. The van der Waals surface area contributed by atoms with Crippen LogP contribution in [0.3, 0.4) is 0 Å². The molecule has 0 aliphatic carbocycles. The minimum atomic E-state index is -0.349. The molecule has 0 saturated carbocycles. The van der Waals surface area contributed by atoms with Crippen LogP contribution in [0.5, 0.6) is 0 Å². The zero-order chi connectivity index (χ0) is 17.9. The maximum absolute atomic E-state index is 12.1. The number of furan rings is 1. The second-order valence-electron chi connectivity index (χ2n) is 5.81. The standard InChI is InChI=1S/C19H16N4O3/c24-17(23-19-21-13-6-2-3-7-14(13)22-19)9-10-20-18(25)16-11-12-5-1-4-8-15(12)26-16/h1-8,11H,9-10H2,(H,20,25)(H2,21,22,23,24). The van der Waals surface area contributed by atoms with Crippen molar-refractivity contribution in [3.8, 4) is 0 Å². The van der Waals surface area contributed by atoms with Crippen LogP contribution >= 0.6 is 0 Å². The Morgan fingerprint density at radius 1 is 1.08 bits per heavy atom. The summed E-state index contributed by atoms with van der Waals surface area (Å²) in [5.41, 5.74) is 2.28. The third-order valence-corrected chi connectivity index (χ3v) is 3.93. The Bertz CT molecular complexity index is 1030. The van der Waals surface area contributed by atoms with Gasteiger partial charge in [0.25, 0.3) is 5.91 Å². The zero-order valence-corrected chi connectivity index (χ0v) is 13.8. The Morgan fingerprint density at radius 2 is 1.88 bits per heavy atom. The van der Waals surface area contributed by atoms with Gasteiger partial charge in [0, 0.05) is 18.4 Å². The lowest BCUT2D eigenvalue weighted by molar-refractivity contribution is -0.116. The van der Waals surface area contributed by atoms with E-state index in [9.17, 15) is 9.59 Å². The van der Waals surface area contributed by atoms with Gasteiger partial charge in [0.15, 0.2) is 5.76 Å². The number of hydrogen-bond acceptors (Lipinski definition) is 4. The highest BCUT2D eigenvalue weighted by atomic mass is 16.3. The summed E-state index contributed by atoms with van der Waals surface area (Å²) in [7, 11) is 0. The summed E-state index contributed by atoms with van der Waals surface area (Å²) < 4.78 is 5.49. The normalized spacial score (nSPS) is 10.9. The molecule has 3 N–H and O–H groups in total. The number of nitrogens with zero attached hydrogens (tertiary/aromatic N) is 1. The van der Waals surface area contributed by atoms with Crippen molar-refractivity contribution in [2.24, 2.45) is 0 Å². The first-order valence-electron chi connectivity index (χ1n) is 8.20. The Kier molecular flexibility index (Phi) is 4.10. The monoisotopic (exact) mass is 348 g/mol. The Labute approximate surface area is 148 Å². The fourth-order valence-corrected chi connectivity index (χ4v) is 2.68. The molecule has 0 aliphatic rings. The Morgan fingerprint density at radius 3 is 2.73 bits per heavy atom. The molecule has 4 rings (SSSR count). The first kappa shape index (κ1) is 15.9. The molecule has 0 aliphatic heterocycles. The molecule has 0 fully saturated rings. The molecular weight excluding hydrogens is 332 g/mol. The number of nitrogens with one attached hydrogen (secondary N) is 3. The van der Waals surface area contributed by atoms with Crippen LogP contribution in [-0.4, -0.2) is 28.3 Å². The summed E-state index contributed by atoms with van der Waals surface area (Å²) in [6, 6.07) is 16.6. The van der Waals surface area contributed by atoms with Crippen LogP contribution in [0.1, 0.15) is 17.0 Å². The Balaban J connectivity index is 1.30. The minimum absolute atomic E-state index is 0.128. The van der Waals surface area contributed by atoms with Crippen molar-refractivity contribution in [3.63, 3.8) is 0 Å². The number of anilines is 1. The third-order valence-electron chi connectivity index (χ3n) is 3.93. The average molecular weight is 348 g/mol. The highest BCUT2D eigenvalue weighted by Gasteiger charge is 2.12. The number of aromatic amines is 1. The summed E-state index contributed by atoms with van der Waals surface area (Å²) in [6.45, 7) is 0.196. The number of rotatable bonds is 5. The molecule has 130 valence electrons. The summed E-state index contributed by atoms with van der Waals surface area (Å²) in [6.07, 6.45) is 0.128. The lowest BCUT2D eigenvalue weighted by Crippen LogP contribution is -2.27. The molecule has 0 unspecified atom stereocenters. The largest absolute Gasteiger partial charge is 0.451 e. The van der Waals surface area contributed by atoms with Gasteiger partial charge in [-0.15, -0.1) is 0 Å². The number of aromatic nitrogens is 2. The molecule has 7 heteroatoms. The number of carbonyl (C=O) groups excluding carboxylic acids is 2. The van der Waals surface area contributed by atoms with Crippen molar-refractivity contribution in [2.45, 2.75) is 6.42 Å². The van der Waals surface area contributed by atoms with Gasteiger partial charge >= 0.3 is 0 Å². The van der Waals surface area contributed by atoms with Crippen LogP contribution in [0, 0.1) is 0 Å². The van der Waals surface area contributed by atoms with Crippen molar-refractivity contribution in [2.75, 3.05) is 11.9 Å². The predicted molar refractivity (Wildman–Crippen MR) is 97.9 cm³/mol. The van der Waals surface area contributed by atoms with Gasteiger partial charge < -0.3 is 14.7 Å². The van der Waals surface area contributed by atoms with E-state index in [0.29, 0.717) is 11.5 Å². The van der Waals surface area contributed by atoms with E-state index in [4.69, 9.17) is 4.42 Å². The van der Waals surface area contributed by atoms with E-state index < -0.39 is 0 Å². The van der Waals surface area contributed by atoms with Crippen molar-refractivity contribution in [1.82, 2.24) is 15.3 Å². The van der Waals surface area contributed by atoms with E-state index in [1.54, 1.807) is 12.1 Å². The van der Waals surface area contributed by atoms with Gasteiger partial charge in [0.1, 0.15) is 5.58 Å². The van der Waals surface area contributed by atoms with Crippen LogP contribution in [0.15, 0.2) is 59.0 Å². The average Bonchev–Trinajstić information content (AvgIpc) is 3.24. The number of para-hydroxylation sites is 3. The maximum atomic E-state index is 12.1. The number of amides is 2. The summed E-state index contributed by atoms with van der Waals surface area (Å²) in [4.78, 5) is 31.4. The molecule has 2 amide bonds. The van der Waals surface area contributed by atoms with Crippen molar-refractivity contribution in [3.05, 3.63) is 60.4 Å². The molecule has 0 saturated heterocycles. The van der Waals surface area contributed by atoms with Crippen molar-refractivity contribution < 1.29 is 14.0 Å². The van der Waals surface area contributed by atoms with E-state index in [0.717, 1.165) is 16.4 Å². The predicted octanol–water partition coefficient (Wildman–Crippen LogP) is 3.07. The molecule has 2 aromatic carbocycles. The van der Waals surface area contributed by atoms with E-state index in [2.05, 4.69) is 20.6 Å². The lowest BCUT2D eigenvalue weighted by Gasteiger charge is -2.03. The van der Waals surface area contributed by atoms with Gasteiger partial charge in [-0.1, -0.05) is 30.3 Å². The number of H-pyrrole nitrogens is 1. The molecule has 0 atom stereocenters. The van der Waals surface area contributed by atoms with Gasteiger partial charge in [0.05, 0.1) is 11.0 Å². The highest BCUT2D eigenvalue weighted by Crippen LogP contribution is 2.18. The van der Waals surface area contributed by atoms with Gasteiger partial charge in [-0.05, 0) is 24.3 Å². The van der Waals surface area contributed by atoms with Gasteiger partial charge in [-0.2, -0.15) is 0 Å². The molecule has 4 aromatic rings. The lowest BCUT2D eigenvalue weighted by atomic mass is 10.2. The van der Waals surface area contributed by atoms with E-state index in [-0.39, 0.29) is 30.5 Å². The first-order chi connectivity index (χ1) is 12.7. The number of fused-ring (bicyclic) bond motifs is 2. The van der Waals surface area contributed by atoms with Crippen LogP contribution in [0.25, 0.3) is 22.0 Å². The smallest absolute Gasteiger partial charge is 0.287 e. The summed E-state index contributed by atoms with van der Waals surface area (Å²) in [5.74, 6) is 0.0235. The topological polar surface area (TPSA) is 100 Å². The van der Waals surface area contributed by atoms with Gasteiger partial charge in [-0.3, -0.25) is 14.9 Å². The summed E-state index contributed by atoms with van der Waals surface area (Å²) >= 11 is 0. The van der Waals surface area contributed by atoms with Gasteiger partial charge in [-0.25, -0.2) is 4.98 Å². The molecule has 7 nitrogen and oxygen atoms in total. The van der Waals surface area contributed by atoms with Crippen molar-refractivity contribution in [1.29, 1.82) is 0 Å². The number of benzene rings is 2. The molecular formula is C19H16N4O3. The quantitative estimate of drug-likeness (QED) is 0.516. The molecule has 26 heavy (non-hydrogen) atoms. The second kappa shape index (κ2) is 6.72.